The van der Waals surface area contributed by atoms with Crippen molar-refractivity contribution in [1.29, 1.82) is 0 Å². The average Bonchev–Trinajstić information content (AvgIpc) is 2.64. The zero-order valence-electron chi connectivity index (χ0n) is 13.5. The third-order valence-electron chi connectivity index (χ3n) is 3.58. The van der Waals surface area contributed by atoms with Gasteiger partial charge in [0.1, 0.15) is 5.56 Å². The van der Waals surface area contributed by atoms with Crippen LogP contribution in [0.2, 0.25) is 0 Å². The van der Waals surface area contributed by atoms with Gasteiger partial charge in [-0.1, -0.05) is 58.4 Å². The van der Waals surface area contributed by atoms with Crippen molar-refractivity contribution in [2.24, 2.45) is 5.10 Å². The minimum Gasteiger partial charge on any atom is -0.267 e. The summed E-state index contributed by atoms with van der Waals surface area (Å²) in [6, 6.07) is 21.4. The van der Waals surface area contributed by atoms with Crippen molar-refractivity contribution in [2.45, 2.75) is 6.54 Å². The van der Waals surface area contributed by atoms with Crippen LogP contribution in [0.4, 0.5) is 0 Å². The lowest BCUT2D eigenvalue weighted by molar-refractivity contribution is -0.688. The molecule has 0 spiro atoms. The first-order valence-electron chi connectivity index (χ1n) is 7.83. The predicted molar refractivity (Wildman–Crippen MR) is 101 cm³/mol. The van der Waals surface area contributed by atoms with Crippen LogP contribution in [-0.2, 0) is 6.54 Å². The molecule has 0 unspecified atom stereocenters. The van der Waals surface area contributed by atoms with E-state index in [-0.39, 0.29) is 5.91 Å². The molecule has 0 aliphatic heterocycles. The number of aromatic nitrogens is 1. The Kier molecular flexibility index (Phi) is 5.69. The maximum Gasteiger partial charge on any atom is 0.277 e. The zero-order valence-corrected chi connectivity index (χ0v) is 15.1. The highest BCUT2D eigenvalue weighted by Crippen LogP contribution is 2.09. The Balaban J connectivity index is 1.64. The number of amides is 1. The van der Waals surface area contributed by atoms with Crippen LogP contribution in [0.15, 0.2) is 88.7 Å². The van der Waals surface area contributed by atoms with Crippen LogP contribution in [0.3, 0.4) is 0 Å². The summed E-state index contributed by atoms with van der Waals surface area (Å²) in [5, 5.41) is 4.01. The van der Waals surface area contributed by atoms with Crippen LogP contribution < -0.4 is 9.99 Å². The lowest BCUT2D eigenvalue weighted by Gasteiger charge is -2.01. The Labute approximate surface area is 155 Å². The third kappa shape index (κ3) is 5.09. The number of benzene rings is 2. The lowest BCUT2D eigenvalue weighted by atomic mass is 10.2. The van der Waals surface area contributed by atoms with Crippen LogP contribution in [0, 0.1) is 0 Å². The molecule has 25 heavy (non-hydrogen) atoms. The van der Waals surface area contributed by atoms with Gasteiger partial charge >= 0.3 is 0 Å². The molecule has 1 N–H and O–H groups in total. The van der Waals surface area contributed by atoms with E-state index >= 15 is 0 Å². The zero-order chi connectivity index (χ0) is 17.5. The molecular formula is C20H17BrN3O+. The van der Waals surface area contributed by atoms with Gasteiger partial charge in [0.15, 0.2) is 18.9 Å². The number of carbonyl (C=O) groups is 1. The van der Waals surface area contributed by atoms with Crippen LogP contribution in [-0.4, -0.2) is 12.1 Å². The number of carbonyl (C=O) groups excluding carboxylic acids is 1. The largest absolute Gasteiger partial charge is 0.277 e. The van der Waals surface area contributed by atoms with E-state index in [1.54, 1.807) is 12.3 Å². The van der Waals surface area contributed by atoms with Crippen molar-refractivity contribution >= 4 is 28.1 Å². The fourth-order valence-corrected chi connectivity index (χ4v) is 2.59. The van der Waals surface area contributed by atoms with Gasteiger partial charge in [0.25, 0.3) is 5.91 Å². The molecule has 1 aromatic heterocycles. The molecule has 0 atom stereocenters. The first kappa shape index (κ1) is 17.0. The molecule has 3 aromatic rings. The quantitative estimate of drug-likeness (QED) is 0.401. The van der Waals surface area contributed by atoms with E-state index in [1.165, 1.54) is 5.56 Å². The van der Waals surface area contributed by atoms with Gasteiger partial charge in [-0.3, -0.25) is 4.79 Å². The van der Waals surface area contributed by atoms with Gasteiger partial charge in [0.05, 0.1) is 6.21 Å². The lowest BCUT2D eigenvalue weighted by Crippen LogP contribution is -2.35. The van der Waals surface area contributed by atoms with E-state index in [2.05, 4.69) is 38.6 Å². The first-order valence-corrected chi connectivity index (χ1v) is 8.62. The Morgan fingerprint density at radius 3 is 2.56 bits per heavy atom. The van der Waals surface area contributed by atoms with Gasteiger partial charge in [0, 0.05) is 16.1 Å². The van der Waals surface area contributed by atoms with Crippen LogP contribution in [0.1, 0.15) is 21.5 Å². The normalized spacial score (nSPS) is 10.8. The molecule has 0 bridgehead atoms. The van der Waals surface area contributed by atoms with Gasteiger partial charge < -0.3 is 0 Å². The fraction of sp³-hybridized carbons (Fsp3) is 0.0500. The van der Waals surface area contributed by atoms with E-state index in [0.717, 1.165) is 10.0 Å². The Bertz CT molecular complexity index is 877. The Morgan fingerprint density at radius 2 is 1.80 bits per heavy atom. The minimum atomic E-state index is -0.240. The molecule has 0 saturated carbocycles. The minimum absolute atomic E-state index is 0.240. The molecule has 3 rings (SSSR count). The predicted octanol–water partition coefficient (Wildman–Crippen LogP) is 3.55. The fourth-order valence-electron chi connectivity index (χ4n) is 2.33. The maximum absolute atomic E-state index is 12.2. The molecule has 0 aliphatic carbocycles. The van der Waals surface area contributed by atoms with Gasteiger partial charge in [0.2, 0.25) is 0 Å². The van der Waals surface area contributed by atoms with Crippen molar-refractivity contribution in [2.75, 3.05) is 0 Å². The number of nitrogens with zero attached hydrogens (tertiary/aromatic N) is 2. The molecule has 0 aliphatic rings. The summed E-state index contributed by atoms with van der Waals surface area (Å²) < 4.78 is 2.98. The molecule has 1 heterocycles. The van der Waals surface area contributed by atoms with Gasteiger partial charge in [-0.05, 0) is 23.8 Å². The number of hydrogen-bond donors (Lipinski definition) is 1. The number of nitrogens with one attached hydrogen (secondary N) is 1. The van der Waals surface area contributed by atoms with Crippen molar-refractivity contribution < 1.29 is 9.36 Å². The smallest absolute Gasteiger partial charge is 0.267 e. The van der Waals surface area contributed by atoms with E-state index in [4.69, 9.17) is 0 Å². The summed E-state index contributed by atoms with van der Waals surface area (Å²) in [5.41, 5.74) is 5.21. The van der Waals surface area contributed by atoms with Crippen molar-refractivity contribution in [3.63, 3.8) is 0 Å². The monoisotopic (exact) mass is 394 g/mol. The summed E-state index contributed by atoms with van der Waals surface area (Å²) in [5.74, 6) is -0.240. The molecule has 4 nitrogen and oxygen atoms in total. The maximum atomic E-state index is 12.2. The standard InChI is InChI=1S/C20H16BrN3O/c21-19-10-8-16(9-11-19)13-22-23-20(25)18-7-4-12-24(15-18)14-17-5-2-1-3-6-17/h1-13,15H,14H2/p+1. The van der Waals surface area contributed by atoms with Gasteiger partial charge in [-0.25, -0.2) is 5.43 Å². The molecule has 1 amide bonds. The number of rotatable bonds is 5. The van der Waals surface area contributed by atoms with Gasteiger partial charge in [-0.15, -0.1) is 0 Å². The van der Waals surface area contributed by atoms with E-state index in [9.17, 15) is 4.79 Å². The van der Waals surface area contributed by atoms with Crippen LogP contribution >= 0.6 is 15.9 Å². The summed E-state index contributed by atoms with van der Waals surface area (Å²) in [7, 11) is 0. The molecule has 124 valence electrons. The van der Waals surface area contributed by atoms with E-state index in [1.807, 2.05) is 65.5 Å². The molecule has 2 aromatic carbocycles. The summed E-state index contributed by atoms with van der Waals surface area (Å²) >= 11 is 3.38. The number of halogens is 1. The second kappa shape index (κ2) is 8.35. The van der Waals surface area contributed by atoms with Crippen molar-refractivity contribution in [1.82, 2.24) is 5.43 Å². The third-order valence-corrected chi connectivity index (χ3v) is 4.11. The van der Waals surface area contributed by atoms with Crippen molar-refractivity contribution in [3.05, 3.63) is 100 Å². The highest BCUT2D eigenvalue weighted by molar-refractivity contribution is 9.10. The molecule has 0 saturated heterocycles. The number of hydrogen-bond acceptors (Lipinski definition) is 2. The Morgan fingerprint density at radius 1 is 1.04 bits per heavy atom. The summed E-state index contributed by atoms with van der Waals surface area (Å²) in [6.07, 6.45) is 5.37. The van der Waals surface area contributed by atoms with Crippen molar-refractivity contribution in [3.8, 4) is 0 Å². The number of hydrazone groups is 1. The summed E-state index contributed by atoms with van der Waals surface area (Å²) in [6.45, 7) is 0.712. The molecular weight excluding hydrogens is 378 g/mol. The van der Waals surface area contributed by atoms with E-state index in [0.29, 0.717) is 12.1 Å². The first-order chi connectivity index (χ1) is 12.2. The second-order valence-corrected chi connectivity index (χ2v) is 6.42. The summed E-state index contributed by atoms with van der Waals surface area (Å²) in [4.78, 5) is 12.2. The highest BCUT2D eigenvalue weighted by Gasteiger charge is 2.10. The van der Waals surface area contributed by atoms with Crippen LogP contribution in [0.25, 0.3) is 0 Å². The SMILES string of the molecule is O=C(NN=Cc1ccc(Br)cc1)c1ccc[n+](Cc2ccccc2)c1. The van der Waals surface area contributed by atoms with E-state index < -0.39 is 0 Å². The highest BCUT2D eigenvalue weighted by atomic mass is 79.9. The van der Waals surface area contributed by atoms with Crippen LogP contribution in [0.5, 0.6) is 0 Å². The van der Waals surface area contributed by atoms with Gasteiger partial charge in [-0.2, -0.15) is 9.67 Å². The number of pyridine rings is 1. The second-order valence-electron chi connectivity index (χ2n) is 5.50. The molecule has 5 heteroatoms. The molecule has 0 radical (unpaired) electrons. The topological polar surface area (TPSA) is 45.3 Å². The molecule has 0 fully saturated rings. The average molecular weight is 395 g/mol. The Hall–Kier alpha value is -2.79.